The number of carbonyl (C=O) groups is 2. The fourth-order valence-corrected chi connectivity index (χ4v) is 2.38. The van der Waals surface area contributed by atoms with E-state index in [0.29, 0.717) is 0 Å². The van der Waals surface area contributed by atoms with Crippen molar-refractivity contribution in [2.45, 2.75) is 32.5 Å². The standard InChI is InChI=1S/C17H25B2F2NO5/c1-17(2,14(19)9-18)15(23)22(27-16(24)26-5-4-25-3)10-11-6-12(20)8-13(21)7-11/h6-8,14H,4-5,9-10,18-19H2,1-3H3. The molecule has 0 fully saturated rings. The van der Waals surface area contributed by atoms with Crippen molar-refractivity contribution in [1.82, 2.24) is 5.06 Å². The van der Waals surface area contributed by atoms with Gasteiger partial charge in [0.1, 0.15) is 33.9 Å². The lowest BCUT2D eigenvalue weighted by Crippen LogP contribution is -2.44. The number of nitrogens with zero attached hydrogens (tertiary/aromatic N) is 1. The van der Waals surface area contributed by atoms with Crippen LogP contribution in [0.4, 0.5) is 13.6 Å². The van der Waals surface area contributed by atoms with Gasteiger partial charge in [0.15, 0.2) is 0 Å². The van der Waals surface area contributed by atoms with E-state index in [-0.39, 0.29) is 31.1 Å². The number of carbonyl (C=O) groups excluding carboxylic acids is 2. The van der Waals surface area contributed by atoms with Crippen molar-refractivity contribution < 1.29 is 32.7 Å². The second kappa shape index (κ2) is 10.3. The second-order valence-corrected chi connectivity index (χ2v) is 6.83. The van der Waals surface area contributed by atoms with E-state index >= 15 is 0 Å². The Morgan fingerprint density at radius 1 is 1.19 bits per heavy atom. The highest BCUT2D eigenvalue weighted by molar-refractivity contribution is 6.20. The Morgan fingerprint density at radius 2 is 1.78 bits per heavy atom. The molecule has 0 aliphatic carbocycles. The maximum absolute atomic E-state index is 13.5. The van der Waals surface area contributed by atoms with Crippen molar-refractivity contribution in [2.75, 3.05) is 20.3 Å². The monoisotopic (exact) mass is 383 g/mol. The Hall–Kier alpha value is -2.09. The van der Waals surface area contributed by atoms with Gasteiger partial charge in [-0.2, -0.15) is 5.06 Å². The topological polar surface area (TPSA) is 65.1 Å². The minimum absolute atomic E-state index is 0.0233. The van der Waals surface area contributed by atoms with Gasteiger partial charge in [-0.25, -0.2) is 13.6 Å². The van der Waals surface area contributed by atoms with Gasteiger partial charge in [-0.05, 0) is 17.7 Å². The first-order chi connectivity index (χ1) is 12.6. The maximum Gasteiger partial charge on any atom is 0.533 e. The first-order valence-corrected chi connectivity index (χ1v) is 8.72. The Labute approximate surface area is 159 Å². The fourth-order valence-electron chi connectivity index (χ4n) is 2.38. The van der Waals surface area contributed by atoms with E-state index in [1.165, 1.54) is 7.11 Å². The van der Waals surface area contributed by atoms with E-state index in [0.717, 1.165) is 29.6 Å². The molecule has 10 heteroatoms. The maximum atomic E-state index is 13.5. The molecule has 1 aromatic rings. The first kappa shape index (κ1) is 23.0. The van der Waals surface area contributed by atoms with E-state index in [1.807, 2.05) is 15.7 Å². The Kier molecular flexibility index (Phi) is 8.75. The predicted octanol–water partition coefficient (Wildman–Crippen LogP) is 1.51. The number of amides is 1. The molecule has 1 amide bonds. The summed E-state index contributed by atoms with van der Waals surface area (Å²) in [5.41, 5.74) is -0.724. The van der Waals surface area contributed by atoms with Crippen LogP contribution in [0.25, 0.3) is 0 Å². The van der Waals surface area contributed by atoms with Gasteiger partial charge >= 0.3 is 6.16 Å². The van der Waals surface area contributed by atoms with E-state index in [1.54, 1.807) is 13.8 Å². The van der Waals surface area contributed by atoms with Gasteiger partial charge in [0.25, 0.3) is 5.91 Å². The highest BCUT2D eigenvalue weighted by atomic mass is 19.1. The van der Waals surface area contributed by atoms with Gasteiger partial charge < -0.3 is 14.3 Å². The predicted molar refractivity (Wildman–Crippen MR) is 101 cm³/mol. The first-order valence-electron chi connectivity index (χ1n) is 8.72. The van der Waals surface area contributed by atoms with Crippen molar-refractivity contribution in [3.63, 3.8) is 0 Å². The van der Waals surface area contributed by atoms with Crippen LogP contribution in [0.1, 0.15) is 19.4 Å². The van der Waals surface area contributed by atoms with Crippen molar-refractivity contribution in [2.24, 2.45) is 5.41 Å². The fraction of sp³-hybridized carbons (Fsp3) is 0.529. The van der Waals surface area contributed by atoms with Crippen LogP contribution in [0.3, 0.4) is 0 Å². The number of hydrogen-bond acceptors (Lipinski definition) is 5. The van der Waals surface area contributed by atoms with Crippen LogP contribution < -0.4 is 0 Å². The quantitative estimate of drug-likeness (QED) is 0.295. The van der Waals surface area contributed by atoms with E-state index in [9.17, 15) is 18.4 Å². The number of rotatable bonds is 8. The molecule has 0 radical (unpaired) electrons. The van der Waals surface area contributed by atoms with Crippen LogP contribution in [-0.2, 0) is 25.7 Å². The third-order valence-electron chi connectivity index (χ3n) is 4.56. The van der Waals surface area contributed by atoms with Crippen LogP contribution in [0.15, 0.2) is 18.2 Å². The summed E-state index contributed by atoms with van der Waals surface area (Å²) >= 11 is 0. The molecule has 0 saturated carbocycles. The molecular formula is C17H25B2F2NO5. The van der Waals surface area contributed by atoms with Crippen LogP contribution in [0, 0.1) is 17.0 Å². The minimum atomic E-state index is -1.10. The molecule has 0 aliphatic rings. The van der Waals surface area contributed by atoms with Gasteiger partial charge in [0.05, 0.1) is 13.2 Å². The van der Waals surface area contributed by atoms with Crippen LogP contribution in [0.2, 0.25) is 12.1 Å². The van der Waals surface area contributed by atoms with E-state index in [2.05, 4.69) is 0 Å². The zero-order valence-corrected chi connectivity index (χ0v) is 16.4. The number of methoxy groups -OCH3 is 1. The molecule has 1 atom stereocenters. The van der Waals surface area contributed by atoms with Crippen molar-refractivity contribution in [1.29, 1.82) is 0 Å². The van der Waals surface area contributed by atoms with Gasteiger partial charge in [0, 0.05) is 18.6 Å². The van der Waals surface area contributed by atoms with Crippen LogP contribution in [-0.4, -0.2) is 53.1 Å². The van der Waals surface area contributed by atoms with E-state index < -0.39 is 29.1 Å². The highest BCUT2D eigenvalue weighted by Gasteiger charge is 2.38. The summed E-state index contributed by atoms with van der Waals surface area (Å²) in [5.74, 6) is -2.10. The second-order valence-electron chi connectivity index (χ2n) is 6.83. The van der Waals surface area contributed by atoms with Crippen molar-refractivity contribution in [3.05, 3.63) is 35.4 Å². The molecule has 1 aromatic carbocycles. The smallest absolute Gasteiger partial charge is 0.430 e. The molecule has 148 valence electrons. The number of hydroxylamine groups is 2. The normalized spacial score (nSPS) is 12.3. The van der Waals surface area contributed by atoms with Gasteiger partial charge in [-0.15, -0.1) is 0 Å². The summed E-state index contributed by atoms with van der Waals surface area (Å²) in [6.45, 7) is 3.24. The van der Waals surface area contributed by atoms with Crippen LogP contribution >= 0.6 is 0 Å². The molecule has 0 bridgehead atoms. The SMILES string of the molecule is BCC(B)C(C)(C)C(=O)N(Cc1cc(F)cc(F)c1)OC(=O)OCCOC. The number of hydrogen-bond donors (Lipinski definition) is 0. The van der Waals surface area contributed by atoms with Gasteiger partial charge in [-0.1, -0.05) is 26.0 Å². The summed E-state index contributed by atoms with van der Waals surface area (Å²) < 4.78 is 36.5. The van der Waals surface area contributed by atoms with Crippen molar-refractivity contribution in [3.8, 4) is 0 Å². The molecule has 0 aliphatic heterocycles. The Balaban J connectivity index is 3.04. The van der Waals surface area contributed by atoms with Gasteiger partial charge in [0.2, 0.25) is 0 Å². The zero-order chi connectivity index (χ0) is 20.6. The third kappa shape index (κ3) is 6.86. The molecule has 0 saturated heterocycles. The molecule has 1 unspecified atom stereocenters. The summed E-state index contributed by atoms with van der Waals surface area (Å²) in [6.07, 6.45) is -0.378. The molecule has 0 aromatic heterocycles. The molecule has 6 nitrogen and oxygen atoms in total. The molecule has 0 spiro atoms. The molecule has 0 heterocycles. The molecular weight excluding hydrogens is 358 g/mol. The summed E-state index contributed by atoms with van der Waals surface area (Å²) in [6, 6.07) is 2.86. The average Bonchev–Trinajstić information content (AvgIpc) is 2.59. The van der Waals surface area contributed by atoms with Crippen molar-refractivity contribution >= 4 is 27.8 Å². The number of ether oxygens (including phenoxy) is 2. The third-order valence-corrected chi connectivity index (χ3v) is 4.56. The number of halogens is 2. The highest BCUT2D eigenvalue weighted by Crippen LogP contribution is 2.34. The molecule has 27 heavy (non-hydrogen) atoms. The largest absolute Gasteiger partial charge is 0.533 e. The molecule has 0 N–H and O–H groups in total. The summed E-state index contributed by atoms with van der Waals surface area (Å²) in [5, 5.41) is 0.787. The summed E-state index contributed by atoms with van der Waals surface area (Å²) in [7, 11) is 5.28. The lowest BCUT2D eigenvalue weighted by atomic mass is 9.61. The van der Waals surface area contributed by atoms with Gasteiger partial charge in [-0.3, -0.25) is 4.79 Å². The lowest BCUT2D eigenvalue weighted by molar-refractivity contribution is -0.185. The number of benzene rings is 1. The zero-order valence-electron chi connectivity index (χ0n) is 16.4. The lowest BCUT2D eigenvalue weighted by Gasteiger charge is -2.34. The minimum Gasteiger partial charge on any atom is -0.430 e. The Bertz CT molecular complexity index is 640. The van der Waals surface area contributed by atoms with E-state index in [4.69, 9.17) is 14.3 Å². The average molecular weight is 383 g/mol. The Morgan fingerprint density at radius 3 is 2.30 bits per heavy atom. The summed E-state index contributed by atoms with van der Waals surface area (Å²) in [4.78, 5) is 29.9. The molecule has 1 rings (SSSR count). The van der Waals surface area contributed by atoms with Crippen LogP contribution in [0.5, 0.6) is 0 Å².